The fourth-order valence-corrected chi connectivity index (χ4v) is 4.95. The van der Waals surface area contributed by atoms with Crippen LogP contribution in [-0.4, -0.2) is 82.3 Å². The van der Waals surface area contributed by atoms with E-state index in [9.17, 15) is 19.5 Å². The molecule has 4 aliphatic rings. The number of aliphatic hydroxyl groups excluding tert-OH is 1. The molecule has 0 bridgehead atoms. The molecule has 2 amide bonds. The van der Waals surface area contributed by atoms with Crippen molar-refractivity contribution < 1.29 is 29.0 Å². The van der Waals surface area contributed by atoms with Gasteiger partial charge in [0, 0.05) is 12.6 Å². The van der Waals surface area contributed by atoms with Crippen molar-refractivity contribution in [2.45, 2.75) is 50.6 Å². The van der Waals surface area contributed by atoms with Crippen LogP contribution in [-0.2, 0) is 23.9 Å². The van der Waals surface area contributed by atoms with Crippen molar-refractivity contribution >= 4 is 17.8 Å². The molecule has 8 nitrogen and oxygen atoms in total. The lowest BCUT2D eigenvalue weighted by Gasteiger charge is -2.38. The summed E-state index contributed by atoms with van der Waals surface area (Å²) >= 11 is 0. The maximum Gasteiger partial charge on any atom is 0.313 e. The van der Waals surface area contributed by atoms with Crippen molar-refractivity contribution in [2.75, 3.05) is 19.8 Å². The van der Waals surface area contributed by atoms with Crippen LogP contribution in [0.4, 0.5) is 0 Å². The van der Waals surface area contributed by atoms with Crippen LogP contribution in [0.25, 0.3) is 0 Å². The lowest BCUT2D eigenvalue weighted by atomic mass is 9.78. The first-order valence-corrected chi connectivity index (χ1v) is 9.75. The molecule has 4 aliphatic heterocycles. The Labute approximate surface area is 163 Å². The molecule has 0 aromatic rings. The lowest BCUT2D eigenvalue weighted by molar-refractivity contribution is -0.155. The molecule has 0 radical (unpaired) electrons. The van der Waals surface area contributed by atoms with E-state index >= 15 is 0 Å². The van der Waals surface area contributed by atoms with Gasteiger partial charge in [-0.1, -0.05) is 18.2 Å². The molecule has 1 unspecified atom stereocenters. The summed E-state index contributed by atoms with van der Waals surface area (Å²) in [6.45, 7) is 5.77. The number of carbonyl (C=O) groups excluding carboxylic acids is 3. The van der Waals surface area contributed by atoms with Gasteiger partial charge in [0.05, 0.1) is 24.7 Å². The monoisotopic (exact) mass is 390 g/mol. The summed E-state index contributed by atoms with van der Waals surface area (Å²) in [4.78, 5) is 42.8. The van der Waals surface area contributed by atoms with Crippen LogP contribution >= 0.6 is 0 Å². The second-order valence-electron chi connectivity index (χ2n) is 8.16. The summed E-state index contributed by atoms with van der Waals surface area (Å²) < 4.78 is 11.6. The van der Waals surface area contributed by atoms with Crippen LogP contribution < -0.4 is 0 Å². The molecule has 152 valence electrons. The number of amides is 2. The van der Waals surface area contributed by atoms with Crippen molar-refractivity contribution in [1.29, 1.82) is 0 Å². The van der Waals surface area contributed by atoms with Gasteiger partial charge in [-0.2, -0.15) is 0 Å². The quantitative estimate of drug-likeness (QED) is 0.533. The highest BCUT2D eigenvalue weighted by Crippen LogP contribution is 2.53. The van der Waals surface area contributed by atoms with E-state index in [-0.39, 0.29) is 31.1 Å². The second kappa shape index (κ2) is 6.70. The second-order valence-corrected chi connectivity index (χ2v) is 8.16. The molecule has 0 aliphatic carbocycles. The number of hydrogen-bond donors (Lipinski definition) is 1. The fourth-order valence-electron chi connectivity index (χ4n) is 4.95. The summed E-state index contributed by atoms with van der Waals surface area (Å²) in [5.74, 6) is -2.75. The Morgan fingerprint density at radius 1 is 1.21 bits per heavy atom. The summed E-state index contributed by atoms with van der Waals surface area (Å²) in [6.07, 6.45) is 6.44. The maximum absolute atomic E-state index is 13.5. The first-order valence-electron chi connectivity index (χ1n) is 9.75. The van der Waals surface area contributed by atoms with Crippen molar-refractivity contribution in [3.8, 4) is 0 Å². The molecule has 28 heavy (non-hydrogen) atoms. The van der Waals surface area contributed by atoms with Crippen molar-refractivity contribution in [3.63, 3.8) is 0 Å². The van der Waals surface area contributed by atoms with Crippen molar-refractivity contribution in [3.05, 3.63) is 24.3 Å². The van der Waals surface area contributed by atoms with Gasteiger partial charge in [-0.3, -0.25) is 14.4 Å². The zero-order chi connectivity index (χ0) is 20.2. The zero-order valence-corrected chi connectivity index (χ0v) is 16.3. The number of hydrogen-bond acceptors (Lipinski definition) is 6. The lowest BCUT2D eigenvalue weighted by Crippen LogP contribution is -2.58. The van der Waals surface area contributed by atoms with E-state index in [1.54, 1.807) is 30.1 Å². The molecule has 4 rings (SSSR count). The number of nitrogens with zero attached hydrogens (tertiary/aromatic N) is 2. The van der Waals surface area contributed by atoms with Crippen LogP contribution in [0.3, 0.4) is 0 Å². The summed E-state index contributed by atoms with van der Waals surface area (Å²) in [6, 6.07) is -1.57. The first-order chi connectivity index (χ1) is 13.3. The van der Waals surface area contributed by atoms with E-state index in [1.165, 1.54) is 4.90 Å². The van der Waals surface area contributed by atoms with E-state index in [4.69, 9.17) is 9.47 Å². The predicted molar refractivity (Wildman–Crippen MR) is 97.9 cm³/mol. The van der Waals surface area contributed by atoms with Crippen molar-refractivity contribution in [1.82, 2.24) is 9.80 Å². The molecule has 1 N–H and O–H groups in total. The van der Waals surface area contributed by atoms with Crippen LogP contribution in [0, 0.1) is 11.8 Å². The molecule has 2 fully saturated rings. The van der Waals surface area contributed by atoms with E-state index < -0.39 is 41.6 Å². The third-order valence-electron chi connectivity index (χ3n) is 6.25. The van der Waals surface area contributed by atoms with Gasteiger partial charge in [0.15, 0.2) is 0 Å². The number of fused-ring (bicyclic) bond motifs is 2. The number of rotatable bonds is 3. The smallest absolute Gasteiger partial charge is 0.313 e. The van der Waals surface area contributed by atoms with Crippen molar-refractivity contribution in [2.24, 2.45) is 11.8 Å². The van der Waals surface area contributed by atoms with Gasteiger partial charge in [0.2, 0.25) is 11.8 Å². The van der Waals surface area contributed by atoms with Gasteiger partial charge in [0.25, 0.3) is 0 Å². The van der Waals surface area contributed by atoms with E-state index in [0.29, 0.717) is 6.54 Å². The molecule has 4 heterocycles. The largest absolute Gasteiger partial charge is 0.461 e. The SMILES string of the molecule is CC(C)N1CC=C[C@]23O[C@H]4C=CCOC(=O)[C@H]4[C@H]2C(=O)N([C@H](C)CO)C3C1=O. The topological polar surface area (TPSA) is 96.4 Å². The molecule has 1 spiro atoms. The highest BCUT2D eigenvalue weighted by Gasteiger charge is 2.72. The summed E-state index contributed by atoms with van der Waals surface area (Å²) in [5, 5.41) is 9.74. The highest BCUT2D eigenvalue weighted by molar-refractivity contribution is 5.99. The third-order valence-corrected chi connectivity index (χ3v) is 6.25. The molecular formula is C20H26N2O6. The van der Waals surface area contributed by atoms with Gasteiger partial charge >= 0.3 is 5.97 Å². The molecule has 0 aromatic carbocycles. The Balaban J connectivity index is 1.87. The van der Waals surface area contributed by atoms with Crippen LogP contribution in [0.1, 0.15) is 20.8 Å². The number of esters is 1. The Morgan fingerprint density at radius 3 is 2.64 bits per heavy atom. The number of ether oxygens (including phenoxy) is 2. The molecule has 6 atom stereocenters. The van der Waals surface area contributed by atoms with Gasteiger partial charge in [-0.15, -0.1) is 0 Å². The van der Waals surface area contributed by atoms with Crippen LogP contribution in [0.2, 0.25) is 0 Å². The minimum Gasteiger partial charge on any atom is -0.461 e. The number of carbonyl (C=O) groups is 3. The molecule has 2 saturated heterocycles. The molecule has 8 heteroatoms. The summed E-state index contributed by atoms with van der Waals surface area (Å²) in [5.41, 5.74) is -1.25. The Morgan fingerprint density at radius 2 is 1.96 bits per heavy atom. The van der Waals surface area contributed by atoms with E-state index in [2.05, 4.69) is 0 Å². The Bertz CT molecular complexity index is 762. The van der Waals surface area contributed by atoms with Gasteiger partial charge in [-0.25, -0.2) is 0 Å². The van der Waals surface area contributed by atoms with Crippen LogP contribution in [0.15, 0.2) is 24.3 Å². The summed E-state index contributed by atoms with van der Waals surface area (Å²) in [7, 11) is 0. The van der Waals surface area contributed by atoms with Gasteiger partial charge < -0.3 is 24.4 Å². The molecular weight excluding hydrogens is 364 g/mol. The standard InChI is InChI=1S/C20H26N2O6/c1-11(2)21-8-5-7-20-15(14-13(28-20)6-4-9-27-19(14)26)17(24)22(12(3)10-23)16(20)18(21)25/h4-7,11-16,23H,8-10H2,1-3H3/t12-,13+,14-,15+,16?,20+/m1/s1. The molecule has 0 aromatic heterocycles. The van der Waals surface area contributed by atoms with Gasteiger partial charge in [-0.05, 0) is 26.8 Å². The number of cyclic esters (lactones) is 1. The predicted octanol–water partition coefficient (Wildman–Crippen LogP) is -0.132. The Kier molecular flexibility index (Phi) is 4.58. The van der Waals surface area contributed by atoms with E-state index in [1.807, 2.05) is 19.9 Å². The van der Waals surface area contributed by atoms with Crippen LogP contribution in [0.5, 0.6) is 0 Å². The minimum atomic E-state index is -1.25. The number of aliphatic hydroxyl groups is 1. The average molecular weight is 390 g/mol. The molecule has 0 saturated carbocycles. The number of likely N-dealkylation sites (tertiary alicyclic amines) is 1. The Hall–Kier alpha value is -2.19. The minimum absolute atomic E-state index is 0.0653. The zero-order valence-electron chi connectivity index (χ0n) is 16.3. The van der Waals surface area contributed by atoms with Gasteiger partial charge in [0.1, 0.15) is 24.2 Å². The fraction of sp³-hybridized carbons (Fsp3) is 0.650. The highest BCUT2D eigenvalue weighted by atomic mass is 16.6. The third kappa shape index (κ3) is 2.47. The normalized spacial score (nSPS) is 38.1. The first kappa shape index (κ1) is 19.1. The average Bonchev–Trinajstić information content (AvgIpc) is 2.96. The van der Waals surface area contributed by atoms with E-state index in [0.717, 1.165) is 0 Å². The maximum atomic E-state index is 13.5.